The Bertz CT molecular complexity index is 362. The van der Waals surface area contributed by atoms with Crippen LogP contribution in [0.15, 0.2) is 18.2 Å². The maximum atomic E-state index is 4.78. The van der Waals surface area contributed by atoms with Crippen LogP contribution in [0.3, 0.4) is 0 Å². The summed E-state index contributed by atoms with van der Waals surface area (Å²) in [4.78, 5) is 4.78. The van der Waals surface area contributed by atoms with Crippen LogP contribution >= 0.6 is 0 Å². The fraction of sp³-hybridized carbons (Fsp3) is 0.667. The van der Waals surface area contributed by atoms with Crippen LogP contribution in [0.4, 0.5) is 0 Å². The molecule has 0 amide bonds. The fourth-order valence-corrected chi connectivity index (χ4v) is 2.34. The molecule has 2 atom stereocenters. The van der Waals surface area contributed by atoms with E-state index in [2.05, 4.69) is 53.3 Å². The second-order valence-corrected chi connectivity index (χ2v) is 5.34. The van der Waals surface area contributed by atoms with Gasteiger partial charge in [-0.25, -0.2) is 0 Å². The van der Waals surface area contributed by atoms with E-state index in [1.807, 2.05) is 0 Å². The van der Waals surface area contributed by atoms with Gasteiger partial charge in [0.1, 0.15) is 0 Å². The van der Waals surface area contributed by atoms with Crippen molar-refractivity contribution in [3.8, 4) is 0 Å². The molecular formula is C15H27N5. The van der Waals surface area contributed by atoms with E-state index in [0.29, 0.717) is 0 Å². The number of hydrogen-bond donors (Lipinski definition) is 4. The van der Waals surface area contributed by atoms with Crippen molar-refractivity contribution in [3.63, 3.8) is 0 Å². The number of nitrogens with zero attached hydrogens (tertiary/aromatic N) is 1. The van der Waals surface area contributed by atoms with E-state index < -0.39 is 0 Å². The van der Waals surface area contributed by atoms with Crippen LogP contribution in [0, 0.1) is 0 Å². The fourth-order valence-electron chi connectivity index (χ4n) is 2.34. The van der Waals surface area contributed by atoms with Gasteiger partial charge < -0.3 is 21.3 Å². The molecule has 5 heteroatoms. The zero-order valence-electron chi connectivity index (χ0n) is 12.6. The largest absolute Gasteiger partial charge is 0.314 e. The molecule has 5 nitrogen and oxygen atoms in total. The number of hydrogen-bond acceptors (Lipinski definition) is 5. The number of nitrogens with one attached hydrogen (secondary N) is 4. The predicted molar refractivity (Wildman–Crippen MR) is 82.8 cm³/mol. The Morgan fingerprint density at radius 3 is 1.75 bits per heavy atom. The van der Waals surface area contributed by atoms with Gasteiger partial charge in [-0.3, -0.25) is 4.98 Å². The lowest BCUT2D eigenvalue weighted by atomic mass is 10.1. The monoisotopic (exact) mass is 277 g/mol. The summed E-state index contributed by atoms with van der Waals surface area (Å²) in [7, 11) is 0. The first kappa shape index (κ1) is 15.4. The highest BCUT2D eigenvalue weighted by atomic mass is 15.0. The third-order valence-corrected chi connectivity index (χ3v) is 3.66. The van der Waals surface area contributed by atoms with E-state index in [4.69, 9.17) is 4.98 Å². The lowest BCUT2D eigenvalue weighted by Gasteiger charge is -2.17. The molecule has 112 valence electrons. The van der Waals surface area contributed by atoms with E-state index in [9.17, 15) is 0 Å². The maximum Gasteiger partial charge on any atom is 0.0574 e. The van der Waals surface area contributed by atoms with Gasteiger partial charge in [0, 0.05) is 51.4 Å². The van der Waals surface area contributed by atoms with Crippen LogP contribution in [0.1, 0.15) is 37.3 Å². The smallest absolute Gasteiger partial charge is 0.0574 e. The molecule has 0 saturated heterocycles. The van der Waals surface area contributed by atoms with Crippen LogP contribution in [0.25, 0.3) is 0 Å². The minimum Gasteiger partial charge on any atom is -0.314 e. The summed E-state index contributed by atoms with van der Waals surface area (Å²) in [6.07, 6.45) is 0. The first-order chi connectivity index (χ1) is 9.77. The summed E-state index contributed by atoms with van der Waals surface area (Å²) in [6, 6.07) is 6.87. The quantitative estimate of drug-likeness (QED) is 0.559. The van der Waals surface area contributed by atoms with Crippen LogP contribution in [-0.4, -0.2) is 44.3 Å². The van der Waals surface area contributed by atoms with Gasteiger partial charge >= 0.3 is 0 Å². The van der Waals surface area contributed by atoms with E-state index in [0.717, 1.165) is 50.7 Å². The van der Waals surface area contributed by atoms with E-state index in [1.54, 1.807) is 0 Å². The standard InChI is InChI=1S/C15H27N5/c1-12-14-4-3-5-15(20-14)13(2)19-11-9-17-7-6-16-8-10-18-12/h3-5,12-13,16-19H,6-11H2,1-2H3/t12-,13-/m1/s1. The first-order valence-corrected chi connectivity index (χ1v) is 7.62. The van der Waals surface area contributed by atoms with Gasteiger partial charge in [-0.15, -0.1) is 0 Å². The van der Waals surface area contributed by atoms with Gasteiger partial charge in [0.05, 0.1) is 11.4 Å². The zero-order valence-corrected chi connectivity index (χ0v) is 12.6. The van der Waals surface area contributed by atoms with Crippen molar-refractivity contribution in [2.75, 3.05) is 39.3 Å². The lowest BCUT2D eigenvalue weighted by molar-refractivity contribution is 0.528. The molecule has 0 radical (unpaired) electrons. The Balaban J connectivity index is 2.03. The molecule has 20 heavy (non-hydrogen) atoms. The van der Waals surface area contributed by atoms with Gasteiger partial charge in [-0.2, -0.15) is 0 Å². The molecule has 0 spiro atoms. The minimum atomic E-state index is 0.284. The number of fused-ring (bicyclic) bond motifs is 2. The van der Waals surface area contributed by atoms with Crippen molar-refractivity contribution in [1.29, 1.82) is 0 Å². The topological polar surface area (TPSA) is 61.0 Å². The van der Waals surface area contributed by atoms with Gasteiger partial charge in [-0.1, -0.05) is 6.07 Å². The van der Waals surface area contributed by atoms with Crippen molar-refractivity contribution < 1.29 is 0 Å². The first-order valence-electron chi connectivity index (χ1n) is 7.62. The third-order valence-electron chi connectivity index (χ3n) is 3.66. The molecule has 1 aromatic heterocycles. The van der Waals surface area contributed by atoms with Crippen LogP contribution < -0.4 is 21.3 Å². The third kappa shape index (κ3) is 4.83. The molecule has 1 aromatic rings. The molecule has 1 aliphatic rings. The second kappa shape index (κ2) is 8.32. The Morgan fingerprint density at radius 2 is 1.25 bits per heavy atom. The molecule has 4 N–H and O–H groups in total. The SMILES string of the molecule is C[C@H]1NCCNCCNCCN[C@H](C)c2cccc1n2. The summed E-state index contributed by atoms with van der Waals surface area (Å²) < 4.78 is 0. The summed E-state index contributed by atoms with van der Waals surface area (Å²) in [6.45, 7) is 10.3. The average molecular weight is 277 g/mol. The molecule has 2 heterocycles. The van der Waals surface area contributed by atoms with E-state index in [1.165, 1.54) is 0 Å². The highest BCUT2D eigenvalue weighted by molar-refractivity contribution is 5.16. The van der Waals surface area contributed by atoms with Gasteiger partial charge in [0.2, 0.25) is 0 Å². The molecular weight excluding hydrogens is 250 g/mol. The zero-order chi connectivity index (χ0) is 14.2. The van der Waals surface area contributed by atoms with Gasteiger partial charge in [0.15, 0.2) is 0 Å². The molecule has 0 fully saturated rings. The minimum absolute atomic E-state index is 0.284. The van der Waals surface area contributed by atoms with Crippen molar-refractivity contribution in [3.05, 3.63) is 29.6 Å². The van der Waals surface area contributed by atoms with Crippen molar-refractivity contribution in [2.45, 2.75) is 25.9 Å². The second-order valence-electron chi connectivity index (χ2n) is 5.34. The average Bonchev–Trinajstić information content (AvgIpc) is 2.48. The predicted octanol–water partition coefficient (Wildman–Crippen LogP) is 0.576. The summed E-state index contributed by atoms with van der Waals surface area (Å²) in [5, 5.41) is 13.9. The van der Waals surface area contributed by atoms with Crippen molar-refractivity contribution >= 4 is 0 Å². The molecule has 0 aromatic carbocycles. The molecule has 2 rings (SSSR count). The van der Waals surface area contributed by atoms with Gasteiger partial charge in [0.25, 0.3) is 0 Å². The summed E-state index contributed by atoms with van der Waals surface area (Å²) in [5.74, 6) is 0. The summed E-state index contributed by atoms with van der Waals surface area (Å²) >= 11 is 0. The Labute approximate surface area is 121 Å². The molecule has 0 saturated carbocycles. The van der Waals surface area contributed by atoms with E-state index in [-0.39, 0.29) is 12.1 Å². The maximum absolute atomic E-state index is 4.78. The normalized spacial score (nSPS) is 26.5. The van der Waals surface area contributed by atoms with Crippen LogP contribution in [-0.2, 0) is 0 Å². The van der Waals surface area contributed by atoms with E-state index >= 15 is 0 Å². The van der Waals surface area contributed by atoms with Crippen LogP contribution in [0.2, 0.25) is 0 Å². The highest BCUT2D eigenvalue weighted by Gasteiger charge is 2.10. The molecule has 2 bridgehead atoms. The number of rotatable bonds is 0. The summed E-state index contributed by atoms with van der Waals surface area (Å²) in [5.41, 5.74) is 2.23. The number of pyridine rings is 1. The van der Waals surface area contributed by atoms with Crippen molar-refractivity contribution in [2.24, 2.45) is 0 Å². The van der Waals surface area contributed by atoms with Crippen LogP contribution in [0.5, 0.6) is 0 Å². The molecule has 0 aliphatic carbocycles. The Morgan fingerprint density at radius 1 is 0.800 bits per heavy atom. The number of aromatic nitrogens is 1. The lowest BCUT2D eigenvalue weighted by Crippen LogP contribution is -2.35. The van der Waals surface area contributed by atoms with Crippen molar-refractivity contribution in [1.82, 2.24) is 26.3 Å². The Kier molecular flexibility index (Phi) is 6.39. The van der Waals surface area contributed by atoms with Gasteiger partial charge in [-0.05, 0) is 26.0 Å². The Hall–Kier alpha value is -1.01. The molecule has 0 unspecified atom stereocenters. The molecule has 1 aliphatic heterocycles. The highest BCUT2D eigenvalue weighted by Crippen LogP contribution is 2.14.